The molecule has 0 bridgehead atoms. The van der Waals surface area contributed by atoms with Crippen molar-refractivity contribution in [3.05, 3.63) is 59.7 Å². The molecule has 3 fully saturated rings. The second-order valence-corrected chi connectivity index (χ2v) is 10.5. The summed E-state index contributed by atoms with van der Waals surface area (Å²) >= 11 is 5.94. The molecule has 1 aromatic heterocycles. The molecule has 39 heavy (non-hydrogen) atoms. The second kappa shape index (κ2) is 10.8. The Balaban J connectivity index is 1.21. The van der Waals surface area contributed by atoms with Crippen molar-refractivity contribution in [2.75, 3.05) is 36.9 Å². The van der Waals surface area contributed by atoms with Crippen molar-refractivity contribution in [2.45, 2.75) is 25.3 Å². The molecular weight excluding hydrogens is 525 g/mol. The van der Waals surface area contributed by atoms with Crippen molar-refractivity contribution in [3.8, 4) is 5.75 Å². The van der Waals surface area contributed by atoms with Crippen molar-refractivity contribution >= 4 is 51.6 Å². The maximum absolute atomic E-state index is 13.6. The summed E-state index contributed by atoms with van der Waals surface area (Å²) in [4.78, 5) is 35.6. The largest absolute Gasteiger partial charge is 0.491 e. The average Bonchev–Trinajstić information content (AvgIpc) is 3.56. The van der Waals surface area contributed by atoms with Crippen molar-refractivity contribution in [2.24, 2.45) is 11.8 Å². The highest BCUT2D eigenvalue weighted by Crippen LogP contribution is 2.36. The minimum absolute atomic E-state index is 0.00892. The van der Waals surface area contributed by atoms with Crippen LogP contribution in [0.4, 0.5) is 21.6 Å². The predicted octanol–water partition coefficient (Wildman–Crippen LogP) is 4.70. The number of hydrogen-bond donors (Lipinski definition) is 2. The molecule has 11 heteroatoms. The van der Waals surface area contributed by atoms with Crippen LogP contribution >= 0.6 is 11.6 Å². The number of carbonyl (C=O) groups is 2. The fourth-order valence-electron chi connectivity index (χ4n) is 4.99. The van der Waals surface area contributed by atoms with Gasteiger partial charge >= 0.3 is 5.97 Å². The Kier molecular flexibility index (Phi) is 7.05. The lowest BCUT2D eigenvalue weighted by molar-refractivity contribution is -0.141. The molecule has 1 saturated carbocycles. The third-order valence-corrected chi connectivity index (χ3v) is 7.61. The summed E-state index contributed by atoms with van der Waals surface area (Å²) in [5.41, 5.74) is 1.67. The number of benzene rings is 2. The van der Waals surface area contributed by atoms with E-state index < -0.39 is 5.82 Å². The van der Waals surface area contributed by atoms with Gasteiger partial charge in [0.25, 0.3) is 0 Å². The zero-order valence-electron chi connectivity index (χ0n) is 21.0. The third kappa shape index (κ3) is 5.67. The van der Waals surface area contributed by atoms with E-state index in [0.29, 0.717) is 59.5 Å². The summed E-state index contributed by atoms with van der Waals surface area (Å²) in [7, 11) is 0. The van der Waals surface area contributed by atoms with E-state index in [4.69, 9.17) is 21.1 Å². The van der Waals surface area contributed by atoms with Crippen LogP contribution in [0.5, 0.6) is 5.75 Å². The first-order chi connectivity index (χ1) is 18.9. The van der Waals surface area contributed by atoms with Crippen molar-refractivity contribution in [1.82, 2.24) is 14.9 Å². The molecule has 1 aliphatic carbocycles. The van der Waals surface area contributed by atoms with Crippen molar-refractivity contribution in [1.29, 1.82) is 0 Å². The molecular formula is C28H27ClFN5O4. The number of fused-ring (bicyclic) bond motifs is 2. The molecule has 2 aliphatic heterocycles. The third-order valence-electron chi connectivity index (χ3n) is 7.32. The van der Waals surface area contributed by atoms with Crippen LogP contribution in [-0.2, 0) is 14.3 Å². The highest BCUT2D eigenvalue weighted by molar-refractivity contribution is 6.31. The molecule has 3 heterocycles. The first kappa shape index (κ1) is 25.5. The number of cyclic esters (lactones) is 1. The summed E-state index contributed by atoms with van der Waals surface area (Å²) < 4.78 is 24.9. The molecule has 1 amide bonds. The lowest BCUT2D eigenvalue weighted by Gasteiger charge is -2.19. The zero-order valence-corrected chi connectivity index (χ0v) is 21.8. The van der Waals surface area contributed by atoms with Gasteiger partial charge in [0, 0.05) is 29.8 Å². The number of esters is 1. The first-order valence-electron chi connectivity index (χ1n) is 13.0. The fourth-order valence-corrected chi connectivity index (χ4v) is 5.17. The monoisotopic (exact) mass is 551 g/mol. The summed E-state index contributed by atoms with van der Waals surface area (Å²) in [6.07, 6.45) is 7.74. The Morgan fingerprint density at radius 2 is 2.10 bits per heavy atom. The number of amides is 1. The van der Waals surface area contributed by atoms with E-state index in [0.717, 1.165) is 25.8 Å². The smallest absolute Gasteiger partial charge is 0.310 e. The van der Waals surface area contributed by atoms with Gasteiger partial charge in [0.1, 0.15) is 30.3 Å². The number of hydrogen-bond acceptors (Lipinski definition) is 8. The lowest BCUT2D eigenvalue weighted by atomic mass is 10.0. The number of nitrogens with one attached hydrogen (secondary N) is 2. The van der Waals surface area contributed by atoms with E-state index in [1.807, 2.05) is 0 Å². The van der Waals surface area contributed by atoms with Crippen molar-refractivity contribution in [3.63, 3.8) is 0 Å². The Morgan fingerprint density at radius 3 is 2.92 bits per heavy atom. The Bertz CT molecular complexity index is 1460. The molecule has 2 N–H and O–H groups in total. The van der Waals surface area contributed by atoms with Crippen LogP contribution in [0.25, 0.3) is 10.9 Å². The standard InChI is InChI=1S/C28H27ClFN5O4/c29-20-10-17(5-6-21(20)30)33-27-19-11-23(25(38-13-16-3-4-16)12-22(19)31-15-32-27)34-26(36)2-1-8-35-9-7-18-24(35)14-39-28(18)37/h1-2,5-6,10-12,15-16,18,24H,3-4,7-9,13-14H2,(H,34,36)(H,31,32,33)/b2-1+. The van der Waals surface area contributed by atoms with E-state index in [1.165, 1.54) is 24.5 Å². The molecule has 202 valence electrons. The average molecular weight is 552 g/mol. The highest BCUT2D eigenvalue weighted by atomic mass is 35.5. The highest BCUT2D eigenvalue weighted by Gasteiger charge is 2.44. The van der Waals surface area contributed by atoms with Crippen LogP contribution in [0.3, 0.4) is 0 Å². The van der Waals surface area contributed by atoms with E-state index in [1.54, 1.807) is 24.3 Å². The van der Waals surface area contributed by atoms with Gasteiger partial charge in [-0.1, -0.05) is 17.7 Å². The molecule has 9 nitrogen and oxygen atoms in total. The van der Waals surface area contributed by atoms with E-state index >= 15 is 0 Å². The van der Waals surface area contributed by atoms with Crippen LogP contribution in [0, 0.1) is 17.7 Å². The molecule has 2 atom stereocenters. The number of ether oxygens (including phenoxy) is 2. The Labute approximate surface area is 229 Å². The summed E-state index contributed by atoms with van der Waals surface area (Å²) in [5, 5.41) is 6.72. The van der Waals surface area contributed by atoms with Crippen LogP contribution in [0.2, 0.25) is 5.02 Å². The minimum atomic E-state index is -0.514. The van der Waals surface area contributed by atoms with Gasteiger partial charge in [-0.2, -0.15) is 0 Å². The van der Waals surface area contributed by atoms with Crippen LogP contribution in [0.1, 0.15) is 19.3 Å². The van der Waals surface area contributed by atoms with E-state index in [2.05, 4.69) is 25.5 Å². The molecule has 0 spiro atoms. The molecule has 3 aromatic rings. The minimum Gasteiger partial charge on any atom is -0.491 e. The van der Waals surface area contributed by atoms with Gasteiger partial charge in [-0.15, -0.1) is 0 Å². The molecule has 0 radical (unpaired) electrons. The predicted molar refractivity (Wildman–Crippen MR) is 145 cm³/mol. The lowest BCUT2D eigenvalue weighted by Crippen LogP contribution is -2.33. The molecule has 6 rings (SSSR count). The number of nitrogens with zero attached hydrogens (tertiary/aromatic N) is 3. The maximum atomic E-state index is 13.6. The Hall–Kier alpha value is -3.76. The van der Waals surface area contributed by atoms with Gasteiger partial charge in [-0.25, -0.2) is 14.4 Å². The van der Waals surface area contributed by atoms with E-state index in [9.17, 15) is 14.0 Å². The van der Waals surface area contributed by atoms with Crippen molar-refractivity contribution < 1.29 is 23.5 Å². The number of carbonyl (C=O) groups excluding carboxylic acids is 2. The number of rotatable bonds is 9. The van der Waals surface area contributed by atoms with E-state index in [-0.39, 0.29) is 28.9 Å². The number of halogens is 2. The normalized spacial score (nSPS) is 20.8. The number of likely N-dealkylation sites (tertiary alicyclic amines) is 1. The summed E-state index contributed by atoms with van der Waals surface area (Å²) in [6.45, 7) is 2.32. The first-order valence-corrected chi connectivity index (χ1v) is 13.3. The quantitative estimate of drug-likeness (QED) is 0.291. The maximum Gasteiger partial charge on any atom is 0.310 e. The molecule has 2 saturated heterocycles. The van der Waals surface area contributed by atoms with Gasteiger partial charge < -0.3 is 20.1 Å². The van der Waals surface area contributed by atoms with Gasteiger partial charge in [0.05, 0.1) is 34.8 Å². The number of anilines is 3. The molecule has 3 aliphatic rings. The van der Waals surface area contributed by atoms with Gasteiger partial charge in [0.2, 0.25) is 5.91 Å². The van der Waals surface area contributed by atoms with Gasteiger partial charge in [-0.05, 0) is 56.0 Å². The topological polar surface area (TPSA) is 106 Å². The van der Waals surface area contributed by atoms with Gasteiger partial charge in [-0.3, -0.25) is 14.5 Å². The SMILES string of the molecule is O=C(/C=C/CN1CCC2C(=O)OCC21)Nc1cc2c(Nc3ccc(F)c(Cl)c3)ncnc2cc1OCC1CC1. The zero-order chi connectivity index (χ0) is 26.9. The number of aromatic nitrogens is 2. The summed E-state index contributed by atoms with van der Waals surface area (Å²) in [5.74, 6) is 0.503. The van der Waals surface area contributed by atoms with Crippen LogP contribution in [0.15, 0.2) is 48.8 Å². The van der Waals surface area contributed by atoms with Gasteiger partial charge in [0.15, 0.2) is 0 Å². The fraction of sp³-hybridized carbons (Fsp3) is 0.357. The van der Waals surface area contributed by atoms with Crippen LogP contribution < -0.4 is 15.4 Å². The van der Waals surface area contributed by atoms with Crippen LogP contribution in [-0.4, -0.2) is 59.1 Å². The molecule has 2 unspecified atom stereocenters. The summed E-state index contributed by atoms with van der Waals surface area (Å²) in [6, 6.07) is 7.94. The Morgan fingerprint density at radius 1 is 1.23 bits per heavy atom. The molecule has 2 aromatic carbocycles. The second-order valence-electron chi connectivity index (χ2n) is 10.1.